The van der Waals surface area contributed by atoms with Gasteiger partial charge in [-0.2, -0.15) is 0 Å². The third-order valence-corrected chi connectivity index (χ3v) is 4.55. The van der Waals surface area contributed by atoms with Crippen LogP contribution in [-0.2, 0) is 22.9 Å². The predicted octanol–water partition coefficient (Wildman–Crippen LogP) is 1.49. The smallest absolute Gasteiger partial charge is 0.211 e. The Morgan fingerprint density at radius 2 is 2.06 bits per heavy atom. The molecule has 0 aromatic heterocycles. The van der Waals surface area contributed by atoms with Gasteiger partial charge < -0.3 is 4.74 Å². The molecule has 100 valence electrons. The molecular weight excluding hydrogens is 250 g/mol. The normalized spacial score (nSPS) is 14.5. The Hall–Kier alpha value is -1.07. The van der Waals surface area contributed by atoms with E-state index in [9.17, 15) is 8.42 Å². The second-order valence-electron chi connectivity index (χ2n) is 4.43. The van der Waals surface area contributed by atoms with Crippen LogP contribution in [0.3, 0.4) is 0 Å². The molecule has 0 amide bonds. The van der Waals surface area contributed by atoms with Gasteiger partial charge in [0.25, 0.3) is 0 Å². The molecular formula is C13H19NO3S. The lowest BCUT2D eigenvalue weighted by molar-refractivity contribution is 0.322. The van der Waals surface area contributed by atoms with E-state index >= 15 is 0 Å². The Bertz CT molecular complexity index is 511. The fourth-order valence-corrected chi connectivity index (χ4v) is 2.70. The molecule has 0 aliphatic heterocycles. The summed E-state index contributed by atoms with van der Waals surface area (Å²) in [4.78, 5) is 0. The maximum atomic E-state index is 11.2. The molecule has 0 fully saturated rings. The van der Waals surface area contributed by atoms with Gasteiger partial charge in [0, 0.05) is 6.54 Å². The number of ether oxygens (including phenoxy) is 1. The van der Waals surface area contributed by atoms with Gasteiger partial charge in [-0.05, 0) is 49.4 Å². The summed E-state index contributed by atoms with van der Waals surface area (Å²) in [5.74, 6) is 0.928. The first kappa shape index (κ1) is 13.4. The van der Waals surface area contributed by atoms with Crippen LogP contribution < -0.4 is 9.46 Å². The van der Waals surface area contributed by atoms with E-state index in [1.165, 1.54) is 17.5 Å². The second-order valence-corrected chi connectivity index (χ2v) is 6.53. The Labute approximate surface area is 108 Å². The van der Waals surface area contributed by atoms with Gasteiger partial charge >= 0.3 is 0 Å². The summed E-state index contributed by atoms with van der Waals surface area (Å²) in [6.07, 6.45) is 3.50. The highest BCUT2D eigenvalue weighted by Gasteiger charge is 2.11. The summed E-state index contributed by atoms with van der Waals surface area (Å²) in [6.45, 7) is 2.29. The third kappa shape index (κ3) is 3.46. The fourth-order valence-electron chi connectivity index (χ4n) is 2.11. The van der Waals surface area contributed by atoms with Crippen molar-refractivity contribution >= 4 is 10.0 Å². The molecule has 1 aromatic rings. The van der Waals surface area contributed by atoms with Gasteiger partial charge in [-0.15, -0.1) is 0 Å². The molecule has 0 saturated heterocycles. The van der Waals surface area contributed by atoms with Gasteiger partial charge in [0.1, 0.15) is 12.4 Å². The highest BCUT2D eigenvalue weighted by Crippen LogP contribution is 2.25. The number of fused-ring (bicyclic) bond motifs is 1. The molecule has 0 bridgehead atoms. The molecule has 1 aliphatic rings. The zero-order valence-electron chi connectivity index (χ0n) is 10.6. The fraction of sp³-hybridized carbons (Fsp3) is 0.538. The van der Waals surface area contributed by atoms with Gasteiger partial charge in [0.15, 0.2) is 0 Å². The summed E-state index contributed by atoms with van der Waals surface area (Å²) < 4.78 is 30.4. The minimum Gasteiger partial charge on any atom is -0.492 e. The molecule has 2 rings (SSSR count). The van der Waals surface area contributed by atoms with Crippen LogP contribution in [-0.4, -0.2) is 27.3 Å². The van der Waals surface area contributed by atoms with Gasteiger partial charge in [-0.1, -0.05) is 6.07 Å². The van der Waals surface area contributed by atoms with E-state index in [2.05, 4.69) is 16.9 Å². The minimum absolute atomic E-state index is 0.103. The summed E-state index contributed by atoms with van der Waals surface area (Å²) in [5.41, 5.74) is 2.77. The zero-order valence-corrected chi connectivity index (χ0v) is 11.4. The molecule has 0 saturated carbocycles. The van der Waals surface area contributed by atoms with Crippen molar-refractivity contribution < 1.29 is 13.2 Å². The average Bonchev–Trinajstić information content (AvgIpc) is 2.82. The van der Waals surface area contributed by atoms with Crippen LogP contribution in [0.2, 0.25) is 0 Å². The zero-order chi connectivity index (χ0) is 13.0. The Morgan fingerprint density at radius 3 is 2.83 bits per heavy atom. The maximum absolute atomic E-state index is 11.2. The monoisotopic (exact) mass is 269 g/mol. The highest BCUT2D eigenvalue weighted by atomic mass is 32.2. The van der Waals surface area contributed by atoms with E-state index in [0.29, 0.717) is 13.2 Å². The van der Waals surface area contributed by atoms with Gasteiger partial charge in [-0.3, -0.25) is 0 Å². The first-order valence-electron chi connectivity index (χ1n) is 6.32. The van der Waals surface area contributed by atoms with Crippen LogP contribution >= 0.6 is 0 Å². The van der Waals surface area contributed by atoms with Crippen molar-refractivity contribution in [2.24, 2.45) is 0 Å². The van der Waals surface area contributed by atoms with Crippen LogP contribution in [0.4, 0.5) is 0 Å². The van der Waals surface area contributed by atoms with E-state index in [-0.39, 0.29) is 5.75 Å². The number of benzene rings is 1. The SMILES string of the molecule is CCS(=O)(=O)NCCOc1ccc2c(c1)CCC2. The Balaban J connectivity index is 1.81. The lowest BCUT2D eigenvalue weighted by atomic mass is 10.1. The van der Waals surface area contributed by atoms with Crippen molar-refractivity contribution in [1.82, 2.24) is 4.72 Å². The number of hydrogen-bond donors (Lipinski definition) is 1. The highest BCUT2D eigenvalue weighted by molar-refractivity contribution is 7.89. The largest absolute Gasteiger partial charge is 0.492 e. The first-order chi connectivity index (χ1) is 8.61. The quantitative estimate of drug-likeness (QED) is 0.796. The molecule has 0 spiro atoms. The lowest BCUT2D eigenvalue weighted by Crippen LogP contribution is -2.29. The lowest BCUT2D eigenvalue weighted by Gasteiger charge is -2.09. The number of sulfonamides is 1. The molecule has 0 atom stereocenters. The summed E-state index contributed by atoms with van der Waals surface area (Å²) in [5, 5.41) is 0. The van der Waals surface area contributed by atoms with Gasteiger partial charge in [-0.25, -0.2) is 13.1 Å². The number of aryl methyl sites for hydroxylation is 2. The molecule has 18 heavy (non-hydrogen) atoms. The molecule has 4 nitrogen and oxygen atoms in total. The molecule has 1 aromatic carbocycles. The van der Waals surface area contributed by atoms with Crippen molar-refractivity contribution in [2.75, 3.05) is 18.9 Å². The van der Waals surface area contributed by atoms with Gasteiger partial charge in [0.2, 0.25) is 10.0 Å². The van der Waals surface area contributed by atoms with Gasteiger partial charge in [0.05, 0.1) is 5.75 Å². The van der Waals surface area contributed by atoms with Crippen molar-refractivity contribution in [1.29, 1.82) is 0 Å². The van der Waals surface area contributed by atoms with Crippen LogP contribution in [0.1, 0.15) is 24.5 Å². The summed E-state index contributed by atoms with van der Waals surface area (Å²) in [6, 6.07) is 6.13. The van der Waals surface area contributed by atoms with Crippen LogP contribution in [0, 0.1) is 0 Å². The Kier molecular flexibility index (Phi) is 4.24. The van der Waals surface area contributed by atoms with Crippen molar-refractivity contribution in [3.8, 4) is 5.75 Å². The number of hydrogen-bond acceptors (Lipinski definition) is 3. The average molecular weight is 269 g/mol. The van der Waals surface area contributed by atoms with Crippen molar-refractivity contribution in [3.63, 3.8) is 0 Å². The van der Waals surface area contributed by atoms with Crippen LogP contribution in [0.25, 0.3) is 0 Å². The van der Waals surface area contributed by atoms with E-state index in [0.717, 1.165) is 18.6 Å². The summed E-state index contributed by atoms with van der Waals surface area (Å²) >= 11 is 0. The van der Waals surface area contributed by atoms with Crippen molar-refractivity contribution in [3.05, 3.63) is 29.3 Å². The summed E-state index contributed by atoms with van der Waals surface area (Å²) in [7, 11) is -3.11. The van der Waals surface area contributed by atoms with E-state index in [1.54, 1.807) is 6.92 Å². The number of rotatable bonds is 6. The predicted molar refractivity (Wildman–Crippen MR) is 71.4 cm³/mol. The molecule has 1 N–H and O–H groups in total. The molecule has 1 aliphatic carbocycles. The second kappa shape index (κ2) is 5.71. The van der Waals surface area contributed by atoms with E-state index in [4.69, 9.17) is 4.74 Å². The number of nitrogens with one attached hydrogen (secondary N) is 1. The maximum Gasteiger partial charge on any atom is 0.211 e. The van der Waals surface area contributed by atoms with Crippen LogP contribution in [0.5, 0.6) is 5.75 Å². The van der Waals surface area contributed by atoms with Crippen molar-refractivity contribution in [2.45, 2.75) is 26.2 Å². The topological polar surface area (TPSA) is 55.4 Å². The molecule has 0 heterocycles. The first-order valence-corrected chi connectivity index (χ1v) is 7.98. The third-order valence-electron chi connectivity index (χ3n) is 3.14. The molecule has 0 unspecified atom stereocenters. The minimum atomic E-state index is -3.11. The molecule has 5 heteroatoms. The molecule has 0 radical (unpaired) electrons. The van der Waals surface area contributed by atoms with Crippen LogP contribution in [0.15, 0.2) is 18.2 Å². The standard InChI is InChI=1S/C13H19NO3S/c1-2-18(15,16)14-8-9-17-13-7-6-11-4-3-5-12(11)10-13/h6-7,10,14H,2-5,8-9H2,1H3. The van der Waals surface area contributed by atoms with E-state index in [1.807, 2.05) is 6.07 Å². The van der Waals surface area contributed by atoms with E-state index < -0.39 is 10.0 Å². The Morgan fingerprint density at radius 1 is 1.28 bits per heavy atom.